The summed E-state index contributed by atoms with van der Waals surface area (Å²) in [6, 6.07) is 7.05. The number of rotatable bonds is 4. The second-order valence-corrected chi connectivity index (χ2v) is 3.43. The van der Waals surface area contributed by atoms with Crippen LogP contribution in [0.2, 0.25) is 0 Å². The van der Waals surface area contributed by atoms with Crippen LogP contribution < -0.4 is 4.74 Å². The topological polar surface area (TPSA) is 44.1 Å². The van der Waals surface area contributed by atoms with Gasteiger partial charge in [-0.25, -0.2) is 4.98 Å². The minimum atomic E-state index is 0.395. The van der Waals surface area contributed by atoms with E-state index in [2.05, 4.69) is 4.98 Å². The maximum Gasteiger partial charge on any atom is 0.150 e. The van der Waals surface area contributed by atoms with Crippen molar-refractivity contribution < 1.29 is 9.53 Å². The van der Waals surface area contributed by atoms with Crippen molar-refractivity contribution in [1.82, 2.24) is 9.55 Å². The van der Waals surface area contributed by atoms with Gasteiger partial charge in [0.2, 0.25) is 0 Å². The molecule has 4 nitrogen and oxygen atoms in total. The molecule has 0 radical (unpaired) electrons. The standard InChI is InChI=1S/C12H12N2O2/c1-14-6-5-13-12(14)9-16-11-4-2-3-10(7-11)8-15/h2-8H,9H2,1H3. The first-order chi connectivity index (χ1) is 7.79. The molecule has 0 aliphatic heterocycles. The quantitative estimate of drug-likeness (QED) is 0.732. The van der Waals surface area contributed by atoms with Gasteiger partial charge in [0.25, 0.3) is 0 Å². The van der Waals surface area contributed by atoms with Crippen LogP contribution in [-0.2, 0) is 13.7 Å². The van der Waals surface area contributed by atoms with E-state index in [0.29, 0.717) is 17.9 Å². The molecule has 0 amide bonds. The van der Waals surface area contributed by atoms with Crippen LogP contribution in [0.4, 0.5) is 0 Å². The fraction of sp³-hybridized carbons (Fsp3) is 0.167. The van der Waals surface area contributed by atoms with Crippen LogP contribution in [0.3, 0.4) is 0 Å². The van der Waals surface area contributed by atoms with Crippen molar-refractivity contribution in [2.75, 3.05) is 0 Å². The second kappa shape index (κ2) is 4.61. The summed E-state index contributed by atoms with van der Waals surface area (Å²) in [5.41, 5.74) is 0.609. The van der Waals surface area contributed by atoms with Crippen LogP contribution in [0.25, 0.3) is 0 Å². The molecular formula is C12H12N2O2. The van der Waals surface area contributed by atoms with Crippen molar-refractivity contribution in [3.8, 4) is 5.75 Å². The van der Waals surface area contributed by atoms with Gasteiger partial charge in [-0.2, -0.15) is 0 Å². The first-order valence-corrected chi connectivity index (χ1v) is 4.94. The Morgan fingerprint density at radius 1 is 1.50 bits per heavy atom. The Bertz CT molecular complexity index is 491. The molecule has 82 valence electrons. The molecule has 0 saturated carbocycles. The average Bonchev–Trinajstić information content (AvgIpc) is 2.72. The summed E-state index contributed by atoms with van der Waals surface area (Å²) in [6.45, 7) is 0.395. The van der Waals surface area contributed by atoms with Crippen molar-refractivity contribution in [2.45, 2.75) is 6.61 Å². The number of aromatic nitrogens is 2. The Morgan fingerprint density at radius 3 is 3.06 bits per heavy atom. The monoisotopic (exact) mass is 216 g/mol. The van der Waals surface area contributed by atoms with Gasteiger partial charge < -0.3 is 9.30 Å². The Balaban J connectivity index is 2.04. The Labute approximate surface area is 93.5 Å². The summed E-state index contributed by atoms with van der Waals surface area (Å²) in [6.07, 6.45) is 4.38. The lowest BCUT2D eigenvalue weighted by atomic mass is 10.2. The lowest BCUT2D eigenvalue weighted by Gasteiger charge is -2.06. The molecular weight excluding hydrogens is 204 g/mol. The highest BCUT2D eigenvalue weighted by Crippen LogP contribution is 2.13. The number of hydrogen-bond donors (Lipinski definition) is 0. The number of aryl methyl sites for hydroxylation is 1. The van der Waals surface area contributed by atoms with Gasteiger partial charge in [0.15, 0.2) is 0 Å². The highest BCUT2D eigenvalue weighted by atomic mass is 16.5. The van der Waals surface area contributed by atoms with Gasteiger partial charge >= 0.3 is 0 Å². The van der Waals surface area contributed by atoms with E-state index in [-0.39, 0.29) is 0 Å². The smallest absolute Gasteiger partial charge is 0.150 e. The van der Waals surface area contributed by atoms with Crippen molar-refractivity contribution in [1.29, 1.82) is 0 Å². The Kier molecular flexibility index (Phi) is 3.00. The highest BCUT2D eigenvalue weighted by molar-refractivity contribution is 5.75. The van der Waals surface area contributed by atoms with Crippen molar-refractivity contribution in [3.05, 3.63) is 48.0 Å². The van der Waals surface area contributed by atoms with E-state index in [1.54, 1.807) is 24.4 Å². The van der Waals surface area contributed by atoms with Gasteiger partial charge in [-0.15, -0.1) is 0 Å². The normalized spacial score (nSPS) is 10.1. The van der Waals surface area contributed by atoms with E-state index in [4.69, 9.17) is 4.74 Å². The number of nitrogens with zero attached hydrogens (tertiary/aromatic N) is 2. The SMILES string of the molecule is Cn1ccnc1COc1cccc(C=O)c1. The zero-order valence-corrected chi connectivity index (χ0v) is 8.96. The molecule has 0 bridgehead atoms. The van der Waals surface area contributed by atoms with Crippen LogP contribution in [0.1, 0.15) is 16.2 Å². The Morgan fingerprint density at radius 2 is 2.38 bits per heavy atom. The third-order valence-corrected chi connectivity index (χ3v) is 2.28. The number of benzene rings is 1. The number of ether oxygens (including phenoxy) is 1. The molecule has 2 rings (SSSR count). The molecule has 2 aromatic rings. The molecule has 16 heavy (non-hydrogen) atoms. The van der Waals surface area contributed by atoms with Gasteiger partial charge in [-0.1, -0.05) is 12.1 Å². The fourth-order valence-electron chi connectivity index (χ4n) is 1.36. The van der Waals surface area contributed by atoms with Crippen LogP contribution in [0.5, 0.6) is 5.75 Å². The largest absolute Gasteiger partial charge is 0.486 e. The van der Waals surface area contributed by atoms with E-state index < -0.39 is 0 Å². The fourth-order valence-corrected chi connectivity index (χ4v) is 1.36. The van der Waals surface area contributed by atoms with Gasteiger partial charge in [0, 0.05) is 25.0 Å². The lowest BCUT2D eigenvalue weighted by molar-refractivity contribution is 0.112. The molecule has 0 atom stereocenters. The Hall–Kier alpha value is -2.10. The summed E-state index contributed by atoms with van der Waals surface area (Å²) >= 11 is 0. The minimum absolute atomic E-state index is 0.395. The number of carbonyl (C=O) groups is 1. The first kappa shape index (κ1) is 10.4. The molecule has 0 spiro atoms. The van der Waals surface area contributed by atoms with Gasteiger partial charge in [0.05, 0.1) is 0 Å². The predicted octanol–water partition coefficient (Wildman–Crippen LogP) is 1.81. The summed E-state index contributed by atoms with van der Waals surface area (Å²) in [5.74, 6) is 1.52. The molecule has 1 aromatic heterocycles. The van der Waals surface area contributed by atoms with E-state index in [1.165, 1.54) is 0 Å². The van der Waals surface area contributed by atoms with Gasteiger partial charge in [0.1, 0.15) is 24.5 Å². The number of imidazole rings is 1. The van der Waals surface area contributed by atoms with Crippen LogP contribution >= 0.6 is 0 Å². The summed E-state index contributed by atoms with van der Waals surface area (Å²) in [5, 5.41) is 0. The maximum atomic E-state index is 10.6. The zero-order chi connectivity index (χ0) is 11.4. The van der Waals surface area contributed by atoms with Crippen molar-refractivity contribution in [3.63, 3.8) is 0 Å². The van der Waals surface area contributed by atoms with Gasteiger partial charge in [-0.05, 0) is 12.1 Å². The molecule has 0 aliphatic rings. The van der Waals surface area contributed by atoms with Crippen molar-refractivity contribution >= 4 is 6.29 Å². The molecule has 0 fully saturated rings. The molecule has 1 heterocycles. The number of aldehydes is 1. The second-order valence-electron chi connectivity index (χ2n) is 3.43. The summed E-state index contributed by atoms with van der Waals surface area (Å²) in [4.78, 5) is 14.7. The van der Waals surface area contributed by atoms with Crippen LogP contribution in [-0.4, -0.2) is 15.8 Å². The van der Waals surface area contributed by atoms with E-state index >= 15 is 0 Å². The molecule has 0 unspecified atom stereocenters. The zero-order valence-electron chi connectivity index (χ0n) is 8.96. The van der Waals surface area contributed by atoms with E-state index in [0.717, 1.165) is 12.1 Å². The maximum absolute atomic E-state index is 10.6. The molecule has 0 N–H and O–H groups in total. The van der Waals surface area contributed by atoms with Gasteiger partial charge in [-0.3, -0.25) is 4.79 Å². The van der Waals surface area contributed by atoms with Crippen molar-refractivity contribution in [2.24, 2.45) is 7.05 Å². The van der Waals surface area contributed by atoms with Crippen LogP contribution in [0.15, 0.2) is 36.7 Å². The summed E-state index contributed by atoms with van der Waals surface area (Å²) < 4.78 is 7.42. The molecule has 0 aliphatic carbocycles. The van der Waals surface area contributed by atoms with Crippen LogP contribution in [0, 0.1) is 0 Å². The average molecular weight is 216 g/mol. The minimum Gasteiger partial charge on any atom is -0.486 e. The number of carbonyl (C=O) groups excluding carboxylic acids is 1. The van der Waals surface area contributed by atoms with E-state index in [1.807, 2.05) is 23.9 Å². The summed E-state index contributed by atoms with van der Waals surface area (Å²) in [7, 11) is 1.91. The predicted molar refractivity (Wildman–Crippen MR) is 59.4 cm³/mol. The molecule has 0 saturated heterocycles. The van der Waals surface area contributed by atoms with E-state index in [9.17, 15) is 4.79 Å². The third kappa shape index (κ3) is 2.28. The highest BCUT2D eigenvalue weighted by Gasteiger charge is 2.01. The molecule has 1 aromatic carbocycles. The number of hydrogen-bond acceptors (Lipinski definition) is 3. The lowest BCUT2D eigenvalue weighted by Crippen LogP contribution is -2.03. The third-order valence-electron chi connectivity index (χ3n) is 2.28. The molecule has 4 heteroatoms. The first-order valence-electron chi connectivity index (χ1n) is 4.94.